The van der Waals surface area contributed by atoms with Crippen LogP contribution in [0.3, 0.4) is 0 Å². The van der Waals surface area contributed by atoms with Crippen LogP contribution in [0.1, 0.15) is 6.92 Å². The van der Waals surface area contributed by atoms with Crippen molar-refractivity contribution >= 4 is 0 Å². The van der Waals surface area contributed by atoms with E-state index in [1.54, 1.807) is 0 Å². The summed E-state index contributed by atoms with van der Waals surface area (Å²) < 4.78 is 10.3. The van der Waals surface area contributed by atoms with Gasteiger partial charge in [0.2, 0.25) is 0 Å². The van der Waals surface area contributed by atoms with Crippen LogP contribution in [0.5, 0.6) is 0 Å². The van der Waals surface area contributed by atoms with Gasteiger partial charge in [-0.25, -0.2) is 0 Å². The van der Waals surface area contributed by atoms with Crippen molar-refractivity contribution in [2.45, 2.75) is 6.92 Å². The fourth-order valence-electron chi connectivity index (χ4n) is 1.88. The van der Waals surface area contributed by atoms with E-state index < -0.39 is 0 Å². The first-order chi connectivity index (χ1) is 8.36. The molecule has 2 saturated heterocycles. The number of aliphatic hydroxyl groups is 1. The molecule has 0 aromatic rings. The zero-order valence-corrected chi connectivity index (χ0v) is 10.9. The maximum atomic E-state index is 8.54. The van der Waals surface area contributed by atoms with Crippen LogP contribution in [-0.2, 0) is 9.47 Å². The van der Waals surface area contributed by atoms with Crippen LogP contribution in [0.15, 0.2) is 0 Å². The van der Waals surface area contributed by atoms with Gasteiger partial charge in [0, 0.05) is 32.7 Å². The van der Waals surface area contributed by atoms with E-state index in [1.807, 2.05) is 0 Å². The van der Waals surface area contributed by atoms with Crippen LogP contribution in [0.2, 0.25) is 0 Å². The minimum Gasteiger partial charge on any atom is -0.395 e. The van der Waals surface area contributed by atoms with Crippen molar-refractivity contribution in [3.63, 3.8) is 0 Å². The monoisotopic (exact) mass is 246 g/mol. The van der Waals surface area contributed by atoms with Gasteiger partial charge in [0.05, 0.1) is 33.0 Å². The number of rotatable bonds is 3. The predicted octanol–water partition coefficient (Wildman–Crippen LogP) is -0.351. The molecule has 102 valence electrons. The molecule has 0 amide bonds. The summed E-state index contributed by atoms with van der Waals surface area (Å²) in [6.07, 6.45) is 0. The average molecular weight is 246 g/mol. The van der Waals surface area contributed by atoms with E-state index in [2.05, 4.69) is 16.7 Å². The molecule has 0 spiro atoms. The molecule has 1 N–H and O–H groups in total. The van der Waals surface area contributed by atoms with E-state index in [0.717, 1.165) is 59.2 Å². The maximum absolute atomic E-state index is 8.54. The zero-order valence-electron chi connectivity index (χ0n) is 10.9. The molecule has 2 rings (SSSR count). The van der Waals surface area contributed by atoms with E-state index in [-0.39, 0.29) is 6.61 Å². The largest absolute Gasteiger partial charge is 0.395 e. The molecular formula is C12H26N2O3. The molecule has 0 bridgehead atoms. The Morgan fingerprint density at radius 2 is 1.35 bits per heavy atom. The van der Waals surface area contributed by atoms with Crippen LogP contribution in [-0.4, -0.2) is 87.2 Å². The number of nitrogens with zero attached hydrogens (tertiary/aromatic N) is 2. The Labute approximate surface area is 104 Å². The fourth-order valence-corrected chi connectivity index (χ4v) is 1.88. The van der Waals surface area contributed by atoms with Crippen molar-refractivity contribution in [2.24, 2.45) is 0 Å². The zero-order chi connectivity index (χ0) is 12.3. The first-order valence-corrected chi connectivity index (χ1v) is 6.58. The highest BCUT2D eigenvalue weighted by atomic mass is 16.5. The number of hydrogen-bond acceptors (Lipinski definition) is 5. The number of hydrogen-bond donors (Lipinski definition) is 1. The topological polar surface area (TPSA) is 45.2 Å². The van der Waals surface area contributed by atoms with Gasteiger partial charge in [0.25, 0.3) is 0 Å². The van der Waals surface area contributed by atoms with Gasteiger partial charge < -0.3 is 14.6 Å². The third kappa shape index (κ3) is 6.95. The molecule has 2 aliphatic heterocycles. The molecule has 5 heteroatoms. The molecule has 5 nitrogen and oxygen atoms in total. The van der Waals surface area contributed by atoms with Crippen molar-refractivity contribution in [3.8, 4) is 0 Å². The van der Waals surface area contributed by atoms with Gasteiger partial charge in [0.1, 0.15) is 0 Å². The predicted molar refractivity (Wildman–Crippen MR) is 67.3 cm³/mol. The van der Waals surface area contributed by atoms with E-state index in [0.29, 0.717) is 0 Å². The van der Waals surface area contributed by atoms with Gasteiger partial charge in [-0.2, -0.15) is 0 Å². The Balaban J connectivity index is 0.000000171. The highest BCUT2D eigenvalue weighted by Crippen LogP contribution is 1.94. The second kappa shape index (κ2) is 9.79. The molecule has 0 radical (unpaired) electrons. The van der Waals surface area contributed by atoms with E-state index in [1.165, 1.54) is 6.54 Å². The van der Waals surface area contributed by atoms with Gasteiger partial charge >= 0.3 is 0 Å². The summed E-state index contributed by atoms with van der Waals surface area (Å²) in [6, 6.07) is 0. The first-order valence-electron chi connectivity index (χ1n) is 6.58. The smallest absolute Gasteiger partial charge is 0.0594 e. The van der Waals surface area contributed by atoms with Gasteiger partial charge in [-0.1, -0.05) is 6.92 Å². The first kappa shape index (κ1) is 14.9. The minimum absolute atomic E-state index is 0.264. The Morgan fingerprint density at radius 1 is 0.882 bits per heavy atom. The Bertz CT molecular complexity index is 166. The summed E-state index contributed by atoms with van der Waals surface area (Å²) in [4.78, 5) is 4.59. The van der Waals surface area contributed by atoms with Crippen LogP contribution >= 0.6 is 0 Å². The average Bonchev–Trinajstić information content (AvgIpc) is 2.42. The second-order valence-corrected chi connectivity index (χ2v) is 4.22. The molecule has 0 aliphatic carbocycles. The van der Waals surface area contributed by atoms with Gasteiger partial charge in [-0.15, -0.1) is 0 Å². The molecular weight excluding hydrogens is 220 g/mol. The van der Waals surface area contributed by atoms with Crippen LogP contribution in [0, 0.1) is 0 Å². The molecule has 0 aromatic carbocycles. The highest BCUT2D eigenvalue weighted by Gasteiger charge is 2.07. The summed E-state index contributed by atoms with van der Waals surface area (Å²) in [5.41, 5.74) is 0. The minimum atomic E-state index is 0.264. The van der Waals surface area contributed by atoms with Gasteiger partial charge in [-0.05, 0) is 6.54 Å². The lowest BCUT2D eigenvalue weighted by atomic mass is 10.4. The molecule has 2 aliphatic rings. The van der Waals surface area contributed by atoms with E-state index in [4.69, 9.17) is 14.6 Å². The lowest BCUT2D eigenvalue weighted by Crippen LogP contribution is -2.37. The second-order valence-electron chi connectivity index (χ2n) is 4.22. The van der Waals surface area contributed by atoms with E-state index in [9.17, 15) is 0 Å². The standard InChI is InChI=1S/C6H13NO2.C6H13NO/c8-4-1-7-2-5-9-6-3-7;1-2-7-3-5-8-6-4-7/h8H,1-6H2;2-6H2,1H3. The summed E-state index contributed by atoms with van der Waals surface area (Å²) in [5.74, 6) is 0. The Hall–Kier alpha value is -0.200. The number of likely N-dealkylation sites (N-methyl/N-ethyl adjacent to an activating group) is 1. The number of β-amino-alcohol motifs (C(OH)–C–C–N with tert-alkyl or cyclic N) is 1. The normalized spacial score (nSPS) is 22.9. The van der Waals surface area contributed by atoms with Crippen molar-refractivity contribution in [2.75, 3.05) is 72.3 Å². The molecule has 2 fully saturated rings. The lowest BCUT2D eigenvalue weighted by molar-refractivity contribution is 0.0306. The molecule has 0 aromatic heterocycles. The fraction of sp³-hybridized carbons (Fsp3) is 1.00. The van der Waals surface area contributed by atoms with Crippen LogP contribution in [0.4, 0.5) is 0 Å². The van der Waals surface area contributed by atoms with Crippen molar-refractivity contribution in [1.82, 2.24) is 9.80 Å². The summed E-state index contributed by atoms with van der Waals surface area (Å²) in [5, 5.41) is 8.54. The number of ether oxygens (including phenoxy) is 2. The lowest BCUT2D eigenvalue weighted by Gasteiger charge is -2.25. The van der Waals surface area contributed by atoms with Crippen LogP contribution < -0.4 is 0 Å². The Kier molecular flexibility index (Phi) is 8.56. The molecule has 2 heterocycles. The summed E-state index contributed by atoms with van der Waals surface area (Å²) in [6.45, 7) is 12.1. The van der Waals surface area contributed by atoms with Crippen molar-refractivity contribution in [1.29, 1.82) is 0 Å². The number of aliphatic hydroxyl groups excluding tert-OH is 1. The Morgan fingerprint density at radius 3 is 1.71 bits per heavy atom. The number of morpholine rings is 2. The van der Waals surface area contributed by atoms with E-state index >= 15 is 0 Å². The third-order valence-electron chi connectivity index (χ3n) is 3.07. The van der Waals surface area contributed by atoms with Crippen molar-refractivity contribution in [3.05, 3.63) is 0 Å². The van der Waals surface area contributed by atoms with Crippen molar-refractivity contribution < 1.29 is 14.6 Å². The molecule has 0 unspecified atom stereocenters. The SMILES string of the molecule is CCN1CCOCC1.OCCN1CCOCC1. The van der Waals surface area contributed by atoms with Gasteiger partial charge in [0.15, 0.2) is 0 Å². The third-order valence-corrected chi connectivity index (χ3v) is 3.07. The summed E-state index contributed by atoms with van der Waals surface area (Å²) in [7, 11) is 0. The molecule has 0 atom stereocenters. The van der Waals surface area contributed by atoms with Gasteiger partial charge in [-0.3, -0.25) is 9.80 Å². The molecule has 0 saturated carbocycles. The van der Waals surface area contributed by atoms with Crippen LogP contribution in [0.25, 0.3) is 0 Å². The molecule has 17 heavy (non-hydrogen) atoms. The highest BCUT2D eigenvalue weighted by molar-refractivity contribution is 4.60. The summed E-state index contributed by atoms with van der Waals surface area (Å²) >= 11 is 0. The maximum Gasteiger partial charge on any atom is 0.0594 e. The quantitative estimate of drug-likeness (QED) is 0.737.